The lowest BCUT2D eigenvalue weighted by Crippen LogP contribution is -2.10. The van der Waals surface area contributed by atoms with Gasteiger partial charge in [0.05, 0.1) is 39.6 Å². The molecule has 0 aliphatic heterocycles. The lowest BCUT2D eigenvalue weighted by molar-refractivity contribution is 0.0227. The molecular weight excluding hydrogens is 192 g/mol. The monoisotopic (exact) mass is 208 g/mol. The quantitative estimate of drug-likeness (QED) is 0.309. The Labute approximate surface area is 84.6 Å². The van der Waals surface area contributed by atoms with E-state index in [0.29, 0.717) is 45.5 Å². The molecule has 0 amide bonds. The zero-order valence-electron chi connectivity index (χ0n) is 7.84. The van der Waals surface area contributed by atoms with Gasteiger partial charge in [0.25, 0.3) is 0 Å². The molecule has 0 fully saturated rings. The lowest BCUT2D eigenvalue weighted by Gasteiger charge is -2.04. The molecule has 0 radical (unpaired) electrons. The number of hydrogen-bond donors (Lipinski definition) is 0. The Morgan fingerprint density at radius 3 is 2.00 bits per heavy atom. The van der Waals surface area contributed by atoms with Crippen LogP contribution in [0.25, 0.3) is 0 Å². The van der Waals surface area contributed by atoms with Crippen molar-refractivity contribution in [3.8, 4) is 0 Å². The first-order valence-electron chi connectivity index (χ1n) is 4.32. The van der Waals surface area contributed by atoms with Crippen molar-refractivity contribution >= 4 is 11.6 Å². The van der Waals surface area contributed by atoms with Crippen molar-refractivity contribution in [3.05, 3.63) is 12.7 Å². The minimum atomic E-state index is 0.530. The maximum Gasteiger partial charge on any atom is 0.0704 e. The Bertz CT molecular complexity index is 109. The second kappa shape index (κ2) is 11.9. The van der Waals surface area contributed by atoms with Gasteiger partial charge in [-0.15, -0.1) is 18.2 Å². The van der Waals surface area contributed by atoms with E-state index in [1.165, 1.54) is 0 Å². The highest BCUT2D eigenvalue weighted by atomic mass is 35.5. The van der Waals surface area contributed by atoms with Crippen LogP contribution in [0.4, 0.5) is 0 Å². The standard InChI is InChI=1S/C9H17ClO3/c1-2-4-11-6-8-13-9-7-12-5-3-10/h2H,1,3-9H2. The predicted octanol–water partition coefficient (Wildman–Crippen LogP) is 1.46. The molecule has 3 nitrogen and oxygen atoms in total. The summed E-state index contributed by atoms with van der Waals surface area (Å²) in [6, 6.07) is 0. The molecule has 0 spiro atoms. The summed E-state index contributed by atoms with van der Waals surface area (Å²) in [5, 5.41) is 0. The third-order valence-corrected chi connectivity index (χ3v) is 1.36. The zero-order chi connectivity index (χ0) is 9.78. The first-order chi connectivity index (χ1) is 6.41. The fraction of sp³-hybridized carbons (Fsp3) is 0.778. The van der Waals surface area contributed by atoms with Crippen LogP contribution in [0.3, 0.4) is 0 Å². The average molecular weight is 209 g/mol. The summed E-state index contributed by atoms with van der Waals surface area (Å²) < 4.78 is 15.4. The van der Waals surface area contributed by atoms with E-state index in [-0.39, 0.29) is 0 Å². The SMILES string of the molecule is C=CCOCCOCCOCCCl. The summed E-state index contributed by atoms with van der Waals surface area (Å²) in [4.78, 5) is 0. The smallest absolute Gasteiger partial charge is 0.0704 e. The highest BCUT2D eigenvalue weighted by molar-refractivity contribution is 6.17. The molecule has 0 atom stereocenters. The van der Waals surface area contributed by atoms with E-state index in [9.17, 15) is 0 Å². The molecule has 0 aliphatic rings. The Morgan fingerprint density at radius 2 is 1.46 bits per heavy atom. The summed E-state index contributed by atoms with van der Waals surface area (Å²) in [5.74, 6) is 0.530. The molecule has 0 heterocycles. The van der Waals surface area contributed by atoms with Gasteiger partial charge in [0.1, 0.15) is 0 Å². The summed E-state index contributed by atoms with van der Waals surface area (Å²) >= 11 is 5.40. The predicted molar refractivity (Wildman–Crippen MR) is 53.4 cm³/mol. The van der Waals surface area contributed by atoms with Crippen molar-refractivity contribution in [2.45, 2.75) is 0 Å². The number of rotatable bonds is 10. The first kappa shape index (κ1) is 12.9. The van der Waals surface area contributed by atoms with Crippen LogP contribution in [0, 0.1) is 0 Å². The van der Waals surface area contributed by atoms with Crippen molar-refractivity contribution < 1.29 is 14.2 Å². The topological polar surface area (TPSA) is 27.7 Å². The average Bonchev–Trinajstić information content (AvgIpc) is 2.16. The van der Waals surface area contributed by atoms with Gasteiger partial charge in [0.2, 0.25) is 0 Å². The molecule has 0 saturated carbocycles. The van der Waals surface area contributed by atoms with Crippen LogP contribution in [0.2, 0.25) is 0 Å². The number of halogens is 1. The van der Waals surface area contributed by atoms with Gasteiger partial charge in [-0.1, -0.05) is 6.08 Å². The van der Waals surface area contributed by atoms with Crippen LogP contribution in [-0.4, -0.2) is 45.5 Å². The molecule has 0 saturated heterocycles. The van der Waals surface area contributed by atoms with Crippen LogP contribution in [0.15, 0.2) is 12.7 Å². The van der Waals surface area contributed by atoms with Crippen LogP contribution in [-0.2, 0) is 14.2 Å². The third-order valence-electron chi connectivity index (χ3n) is 1.20. The zero-order valence-corrected chi connectivity index (χ0v) is 8.59. The normalized spacial score (nSPS) is 10.2. The van der Waals surface area contributed by atoms with E-state index < -0.39 is 0 Å². The van der Waals surface area contributed by atoms with Gasteiger partial charge in [-0.2, -0.15) is 0 Å². The van der Waals surface area contributed by atoms with Crippen molar-refractivity contribution in [2.24, 2.45) is 0 Å². The van der Waals surface area contributed by atoms with E-state index in [0.717, 1.165) is 0 Å². The maximum absolute atomic E-state index is 5.40. The molecule has 13 heavy (non-hydrogen) atoms. The highest BCUT2D eigenvalue weighted by Gasteiger charge is 1.89. The third kappa shape index (κ3) is 11.9. The molecule has 0 rings (SSSR count). The van der Waals surface area contributed by atoms with E-state index in [1.807, 2.05) is 0 Å². The Balaban J connectivity index is 2.79. The molecule has 0 unspecified atom stereocenters. The van der Waals surface area contributed by atoms with Gasteiger partial charge in [-0.25, -0.2) is 0 Å². The number of ether oxygens (including phenoxy) is 3. The Morgan fingerprint density at radius 1 is 0.923 bits per heavy atom. The minimum Gasteiger partial charge on any atom is -0.378 e. The maximum atomic E-state index is 5.40. The molecule has 0 aliphatic carbocycles. The Kier molecular flexibility index (Phi) is 11.8. The summed E-state index contributed by atoms with van der Waals surface area (Å²) in [5.41, 5.74) is 0. The molecule has 78 valence electrons. The van der Waals surface area contributed by atoms with Crippen molar-refractivity contribution in [2.75, 3.05) is 45.5 Å². The van der Waals surface area contributed by atoms with E-state index in [1.54, 1.807) is 6.08 Å². The molecule has 0 aromatic carbocycles. The van der Waals surface area contributed by atoms with E-state index in [4.69, 9.17) is 25.8 Å². The molecule has 0 aromatic heterocycles. The van der Waals surface area contributed by atoms with Gasteiger partial charge < -0.3 is 14.2 Å². The second-order valence-electron chi connectivity index (χ2n) is 2.28. The Hall–Kier alpha value is -0.0900. The molecule has 0 aromatic rings. The van der Waals surface area contributed by atoms with E-state index >= 15 is 0 Å². The highest BCUT2D eigenvalue weighted by Crippen LogP contribution is 1.82. The summed E-state index contributed by atoms with van der Waals surface area (Å²) in [7, 11) is 0. The van der Waals surface area contributed by atoms with Gasteiger partial charge >= 0.3 is 0 Å². The van der Waals surface area contributed by atoms with Crippen molar-refractivity contribution in [1.82, 2.24) is 0 Å². The molecular formula is C9H17ClO3. The van der Waals surface area contributed by atoms with Crippen LogP contribution in [0.1, 0.15) is 0 Å². The van der Waals surface area contributed by atoms with Gasteiger partial charge in [-0.05, 0) is 0 Å². The summed E-state index contributed by atoms with van der Waals surface area (Å²) in [6.45, 7) is 7.06. The molecule has 0 N–H and O–H groups in total. The number of alkyl halides is 1. The van der Waals surface area contributed by atoms with Gasteiger partial charge in [0, 0.05) is 5.88 Å². The van der Waals surface area contributed by atoms with Crippen molar-refractivity contribution in [1.29, 1.82) is 0 Å². The van der Waals surface area contributed by atoms with Crippen molar-refractivity contribution in [3.63, 3.8) is 0 Å². The number of hydrogen-bond acceptors (Lipinski definition) is 3. The van der Waals surface area contributed by atoms with E-state index in [2.05, 4.69) is 6.58 Å². The fourth-order valence-electron chi connectivity index (χ4n) is 0.661. The molecule has 0 bridgehead atoms. The van der Waals surface area contributed by atoms with Gasteiger partial charge in [0.15, 0.2) is 0 Å². The lowest BCUT2D eigenvalue weighted by atomic mass is 10.7. The minimum absolute atomic E-state index is 0.530. The largest absolute Gasteiger partial charge is 0.378 e. The first-order valence-corrected chi connectivity index (χ1v) is 4.85. The van der Waals surface area contributed by atoms with Crippen LogP contribution in [0.5, 0.6) is 0 Å². The van der Waals surface area contributed by atoms with Crippen LogP contribution < -0.4 is 0 Å². The van der Waals surface area contributed by atoms with Gasteiger partial charge in [-0.3, -0.25) is 0 Å². The van der Waals surface area contributed by atoms with Crippen LogP contribution >= 0.6 is 11.6 Å². The second-order valence-corrected chi connectivity index (χ2v) is 2.66. The molecule has 4 heteroatoms. The fourth-order valence-corrected chi connectivity index (χ4v) is 0.770. The summed E-state index contributed by atoms with van der Waals surface area (Å²) in [6.07, 6.45) is 1.71.